The SMILES string of the molecule is COc1cc(/C=C/c2nnc(-c3cccc(C(N)=O)c3)s2)c(Br)c(OC)c1OC. The van der Waals surface area contributed by atoms with E-state index in [0.29, 0.717) is 32.8 Å². The van der Waals surface area contributed by atoms with Crippen molar-refractivity contribution in [1.29, 1.82) is 0 Å². The molecule has 0 atom stereocenters. The van der Waals surface area contributed by atoms with E-state index in [-0.39, 0.29) is 0 Å². The normalized spacial score (nSPS) is 10.9. The summed E-state index contributed by atoms with van der Waals surface area (Å²) >= 11 is 4.94. The summed E-state index contributed by atoms with van der Waals surface area (Å²) in [5.74, 6) is 1.11. The Morgan fingerprint density at radius 1 is 1.07 bits per heavy atom. The number of aromatic nitrogens is 2. The Balaban J connectivity index is 1.92. The summed E-state index contributed by atoms with van der Waals surface area (Å²) in [6, 6.07) is 8.82. The van der Waals surface area contributed by atoms with Crippen molar-refractivity contribution in [1.82, 2.24) is 10.2 Å². The molecule has 0 fully saturated rings. The van der Waals surface area contributed by atoms with Gasteiger partial charge in [0.05, 0.1) is 25.8 Å². The molecule has 9 heteroatoms. The van der Waals surface area contributed by atoms with Crippen LogP contribution in [0.5, 0.6) is 17.2 Å². The van der Waals surface area contributed by atoms with Crippen LogP contribution in [0, 0.1) is 0 Å². The first-order chi connectivity index (χ1) is 14.0. The first kappa shape index (κ1) is 20.8. The van der Waals surface area contributed by atoms with Crippen LogP contribution in [-0.2, 0) is 0 Å². The number of methoxy groups -OCH3 is 3. The lowest BCUT2D eigenvalue weighted by molar-refractivity contribution is 0.100. The molecule has 0 saturated carbocycles. The predicted octanol–water partition coefficient (Wildman–Crippen LogP) is 4.26. The topological polar surface area (TPSA) is 96.6 Å². The molecule has 0 spiro atoms. The monoisotopic (exact) mass is 475 g/mol. The second-order valence-electron chi connectivity index (χ2n) is 5.77. The Morgan fingerprint density at radius 3 is 2.48 bits per heavy atom. The van der Waals surface area contributed by atoms with Crippen molar-refractivity contribution in [3.8, 4) is 27.8 Å². The molecule has 1 amide bonds. The highest BCUT2D eigenvalue weighted by Gasteiger charge is 2.18. The van der Waals surface area contributed by atoms with Gasteiger partial charge in [-0.05, 0) is 45.8 Å². The van der Waals surface area contributed by atoms with Crippen molar-refractivity contribution in [3.63, 3.8) is 0 Å². The van der Waals surface area contributed by atoms with Crippen LogP contribution in [0.1, 0.15) is 20.9 Å². The van der Waals surface area contributed by atoms with E-state index in [9.17, 15) is 4.79 Å². The van der Waals surface area contributed by atoms with Gasteiger partial charge in [0.2, 0.25) is 11.7 Å². The molecular weight excluding hydrogens is 458 g/mol. The van der Waals surface area contributed by atoms with Gasteiger partial charge in [-0.3, -0.25) is 4.79 Å². The van der Waals surface area contributed by atoms with E-state index in [4.69, 9.17) is 19.9 Å². The van der Waals surface area contributed by atoms with Crippen molar-refractivity contribution in [3.05, 3.63) is 50.9 Å². The summed E-state index contributed by atoms with van der Waals surface area (Å²) in [6.45, 7) is 0. The second kappa shape index (κ2) is 9.06. The molecule has 0 bridgehead atoms. The van der Waals surface area contributed by atoms with Gasteiger partial charge >= 0.3 is 0 Å². The Kier molecular flexibility index (Phi) is 6.50. The number of nitrogens with two attached hydrogens (primary N) is 1. The van der Waals surface area contributed by atoms with E-state index in [2.05, 4.69) is 26.1 Å². The zero-order chi connectivity index (χ0) is 21.0. The lowest BCUT2D eigenvalue weighted by Gasteiger charge is -2.15. The number of rotatable bonds is 7. The summed E-state index contributed by atoms with van der Waals surface area (Å²) in [5, 5.41) is 9.78. The zero-order valence-corrected chi connectivity index (χ0v) is 18.3. The average molecular weight is 476 g/mol. The quantitative estimate of drug-likeness (QED) is 0.548. The number of ether oxygens (including phenoxy) is 3. The average Bonchev–Trinajstić information content (AvgIpc) is 3.21. The number of primary amides is 1. The second-order valence-corrected chi connectivity index (χ2v) is 7.57. The number of carbonyl (C=O) groups is 1. The van der Waals surface area contributed by atoms with Crippen molar-refractivity contribution >= 4 is 45.3 Å². The summed E-state index contributed by atoms with van der Waals surface area (Å²) < 4.78 is 16.9. The summed E-state index contributed by atoms with van der Waals surface area (Å²) in [6.07, 6.45) is 3.71. The Labute approximate surface area is 180 Å². The van der Waals surface area contributed by atoms with Crippen molar-refractivity contribution in [2.45, 2.75) is 0 Å². The van der Waals surface area contributed by atoms with Crippen LogP contribution in [0.2, 0.25) is 0 Å². The smallest absolute Gasteiger partial charge is 0.248 e. The number of nitrogens with zero attached hydrogens (tertiary/aromatic N) is 2. The van der Waals surface area contributed by atoms with Crippen LogP contribution < -0.4 is 19.9 Å². The molecule has 29 heavy (non-hydrogen) atoms. The molecule has 150 valence electrons. The van der Waals surface area contributed by atoms with Gasteiger partial charge in [0.1, 0.15) is 10.0 Å². The molecule has 0 radical (unpaired) electrons. The minimum atomic E-state index is -0.483. The third-order valence-corrected chi connectivity index (χ3v) is 5.79. The van der Waals surface area contributed by atoms with Crippen molar-refractivity contribution < 1.29 is 19.0 Å². The van der Waals surface area contributed by atoms with Gasteiger partial charge in [-0.15, -0.1) is 10.2 Å². The minimum Gasteiger partial charge on any atom is -0.493 e. The highest BCUT2D eigenvalue weighted by molar-refractivity contribution is 9.10. The highest BCUT2D eigenvalue weighted by Crippen LogP contribution is 2.45. The molecule has 3 aromatic rings. The summed E-state index contributed by atoms with van der Waals surface area (Å²) in [7, 11) is 4.68. The van der Waals surface area contributed by atoms with Gasteiger partial charge in [0, 0.05) is 11.1 Å². The van der Waals surface area contributed by atoms with Gasteiger partial charge in [0.15, 0.2) is 11.5 Å². The van der Waals surface area contributed by atoms with E-state index in [1.807, 2.05) is 24.3 Å². The lowest BCUT2D eigenvalue weighted by Crippen LogP contribution is -2.10. The molecule has 2 N–H and O–H groups in total. The van der Waals surface area contributed by atoms with Crippen LogP contribution >= 0.6 is 27.3 Å². The van der Waals surface area contributed by atoms with Gasteiger partial charge in [-0.25, -0.2) is 0 Å². The largest absolute Gasteiger partial charge is 0.493 e. The molecule has 1 heterocycles. The minimum absolute atomic E-state index is 0.427. The molecule has 0 aliphatic heterocycles. The first-order valence-electron chi connectivity index (χ1n) is 8.38. The van der Waals surface area contributed by atoms with E-state index in [1.165, 1.54) is 11.3 Å². The molecule has 0 aliphatic rings. The van der Waals surface area contributed by atoms with Crippen molar-refractivity contribution in [2.24, 2.45) is 5.73 Å². The predicted molar refractivity (Wildman–Crippen MR) is 117 cm³/mol. The molecule has 0 unspecified atom stereocenters. The molecule has 0 aliphatic carbocycles. The maximum absolute atomic E-state index is 11.4. The standard InChI is InChI=1S/C20H18BrN3O4S/c1-26-14-10-11(16(21)18(28-3)17(14)27-2)7-8-15-23-24-20(29-15)13-6-4-5-12(9-13)19(22)25/h4-10H,1-3H3,(H2,22,25)/b8-7+. The maximum Gasteiger partial charge on any atom is 0.248 e. The van der Waals surface area contributed by atoms with Crippen LogP contribution in [0.3, 0.4) is 0 Å². The van der Waals surface area contributed by atoms with Crippen LogP contribution in [0.4, 0.5) is 0 Å². The van der Waals surface area contributed by atoms with E-state index in [0.717, 1.165) is 15.6 Å². The van der Waals surface area contributed by atoms with Gasteiger partial charge in [0.25, 0.3) is 0 Å². The van der Waals surface area contributed by atoms with Crippen LogP contribution in [-0.4, -0.2) is 37.4 Å². The Morgan fingerprint density at radius 2 is 1.83 bits per heavy atom. The maximum atomic E-state index is 11.4. The van der Waals surface area contributed by atoms with Gasteiger partial charge < -0.3 is 19.9 Å². The number of halogens is 1. The first-order valence-corrected chi connectivity index (χ1v) is 9.99. The third-order valence-electron chi connectivity index (χ3n) is 4.04. The number of benzene rings is 2. The summed E-state index contributed by atoms with van der Waals surface area (Å²) in [5.41, 5.74) is 7.38. The van der Waals surface area contributed by atoms with E-state index in [1.54, 1.807) is 39.5 Å². The Bertz CT molecular complexity index is 1080. The molecule has 1 aromatic heterocycles. The molecule has 2 aromatic carbocycles. The van der Waals surface area contributed by atoms with E-state index < -0.39 is 5.91 Å². The van der Waals surface area contributed by atoms with Crippen molar-refractivity contribution in [2.75, 3.05) is 21.3 Å². The van der Waals surface area contributed by atoms with Crippen LogP contribution in [0.15, 0.2) is 34.8 Å². The Hall–Kier alpha value is -2.91. The van der Waals surface area contributed by atoms with Gasteiger partial charge in [-0.1, -0.05) is 29.5 Å². The summed E-state index contributed by atoms with van der Waals surface area (Å²) in [4.78, 5) is 11.4. The fourth-order valence-electron chi connectivity index (χ4n) is 2.65. The number of hydrogen-bond acceptors (Lipinski definition) is 7. The number of hydrogen-bond donors (Lipinski definition) is 1. The third kappa shape index (κ3) is 4.41. The molecular formula is C20H18BrN3O4S. The molecule has 7 nitrogen and oxygen atoms in total. The van der Waals surface area contributed by atoms with E-state index >= 15 is 0 Å². The van der Waals surface area contributed by atoms with Crippen LogP contribution in [0.25, 0.3) is 22.7 Å². The highest BCUT2D eigenvalue weighted by atomic mass is 79.9. The fraction of sp³-hybridized carbons (Fsp3) is 0.150. The zero-order valence-electron chi connectivity index (χ0n) is 15.9. The lowest BCUT2D eigenvalue weighted by atomic mass is 10.1. The van der Waals surface area contributed by atoms with Gasteiger partial charge in [-0.2, -0.15) is 0 Å². The number of amides is 1. The fourth-order valence-corrected chi connectivity index (χ4v) is 3.98. The molecule has 0 saturated heterocycles. The molecule has 3 rings (SSSR count). The number of carbonyl (C=O) groups excluding carboxylic acids is 1.